The van der Waals surface area contributed by atoms with Gasteiger partial charge in [-0.05, 0) is 47.9 Å². The van der Waals surface area contributed by atoms with Crippen LogP contribution in [0.3, 0.4) is 0 Å². The molecule has 3 aromatic rings. The number of sulfonamides is 1. The second-order valence-corrected chi connectivity index (χ2v) is 10.4. The predicted molar refractivity (Wildman–Crippen MR) is 138 cm³/mol. The van der Waals surface area contributed by atoms with E-state index in [-0.39, 0.29) is 13.4 Å². The minimum absolute atomic E-state index is 0.0408. The van der Waals surface area contributed by atoms with Crippen molar-refractivity contribution in [3.05, 3.63) is 89.0 Å². The quantitative estimate of drug-likeness (QED) is 0.354. The number of carbonyl (C=O) groups excluding carboxylic acids is 2. The Morgan fingerprint density at radius 2 is 1.76 bits per heavy atom. The number of fused-ring (bicyclic) bond motifs is 1. The molecule has 10 nitrogen and oxygen atoms in total. The third-order valence-electron chi connectivity index (χ3n) is 5.56. The summed E-state index contributed by atoms with van der Waals surface area (Å²) in [4.78, 5) is 31.0. The highest BCUT2D eigenvalue weighted by atomic mass is 32.2. The summed E-state index contributed by atoms with van der Waals surface area (Å²) in [5.74, 6) is -0.0519. The number of hydrogen-bond acceptors (Lipinski definition) is 8. The molecule has 4 rings (SSSR count). The molecule has 1 aliphatic heterocycles. The van der Waals surface area contributed by atoms with E-state index in [0.717, 1.165) is 18.2 Å². The second kappa shape index (κ2) is 12.0. The van der Waals surface area contributed by atoms with Crippen LogP contribution in [0.15, 0.2) is 66.7 Å². The maximum absolute atomic E-state index is 13.0. The molecule has 0 aromatic heterocycles. The Balaban J connectivity index is 1.55. The Morgan fingerprint density at radius 3 is 2.50 bits per heavy atom. The number of nitrogens with one attached hydrogen (secondary N) is 2. The summed E-state index contributed by atoms with van der Waals surface area (Å²) in [7, 11) is -3.85. The van der Waals surface area contributed by atoms with Crippen LogP contribution in [0.25, 0.3) is 0 Å². The van der Waals surface area contributed by atoms with E-state index >= 15 is 0 Å². The first-order valence-electron chi connectivity index (χ1n) is 11.9. The summed E-state index contributed by atoms with van der Waals surface area (Å²) in [5.41, 5.74) is 4.72. The van der Waals surface area contributed by atoms with Gasteiger partial charge in [0.1, 0.15) is 5.75 Å². The highest BCUT2D eigenvalue weighted by Gasteiger charge is 2.28. The lowest BCUT2D eigenvalue weighted by molar-refractivity contribution is -0.126. The summed E-state index contributed by atoms with van der Waals surface area (Å²) >= 11 is 0. The first kappa shape index (κ1) is 27.0. The molecular weight excluding hydrogens is 512 g/mol. The van der Waals surface area contributed by atoms with E-state index < -0.39 is 27.9 Å². The van der Waals surface area contributed by atoms with Crippen molar-refractivity contribution in [3.63, 3.8) is 0 Å². The molecular formula is C27H28N2O8S. The Bertz CT molecular complexity index is 1410. The average Bonchev–Trinajstić information content (AvgIpc) is 3.35. The van der Waals surface area contributed by atoms with Crippen LogP contribution in [0.2, 0.25) is 0 Å². The maximum atomic E-state index is 13.0. The van der Waals surface area contributed by atoms with E-state index in [1.807, 2.05) is 42.0 Å². The van der Waals surface area contributed by atoms with Crippen molar-refractivity contribution in [1.29, 1.82) is 0 Å². The largest absolute Gasteiger partial charge is 0.475 e. The SMILES string of the molecule is CCCc1cc(C(=O)NOCc2ccccc2)ccc1OC(C(=O)NS(C)(=O)=O)c1ccc2c(c1)OCO2. The predicted octanol–water partition coefficient (Wildman–Crippen LogP) is 3.43. The zero-order valence-corrected chi connectivity index (χ0v) is 21.7. The molecule has 38 heavy (non-hydrogen) atoms. The fourth-order valence-corrected chi connectivity index (χ4v) is 4.30. The fraction of sp³-hybridized carbons (Fsp3) is 0.259. The van der Waals surface area contributed by atoms with Gasteiger partial charge in [-0.3, -0.25) is 14.4 Å². The number of rotatable bonds is 11. The molecule has 0 radical (unpaired) electrons. The molecule has 0 fully saturated rings. The van der Waals surface area contributed by atoms with Crippen LogP contribution in [0, 0.1) is 0 Å². The molecule has 1 heterocycles. The summed E-state index contributed by atoms with van der Waals surface area (Å²) in [6, 6.07) is 19.0. The monoisotopic (exact) mass is 540 g/mol. The van der Waals surface area contributed by atoms with Gasteiger partial charge in [-0.25, -0.2) is 18.6 Å². The smallest absolute Gasteiger partial charge is 0.279 e. The highest BCUT2D eigenvalue weighted by Crippen LogP contribution is 2.36. The fourth-order valence-electron chi connectivity index (χ4n) is 3.83. The van der Waals surface area contributed by atoms with Crippen LogP contribution in [-0.4, -0.2) is 33.3 Å². The van der Waals surface area contributed by atoms with Gasteiger partial charge < -0.3 is 14.2 Å². The van der Waals surface area contributed by atoms with E-state index in [2.05, 4.69) is 5.48 Å². The molecule has 0 spiro atoms. The molecule has 2 amide bonds. The number of hydrogen-bond donors (Lipinski definition) is 2. The van der Waals surface area contributed by atoms with Crippen molar-refractivity contribution < 1.29 is 37.1 Å². The van der Waals surface area contributed by atoms with Crippen LogP contribution in [0.4, 0.5) is 0 Å². The first-order chi connectivity index (χ1) is 18.2. The summed E-state index contributed by atoms with van der Waals surface area (Å²) < 4.78 is 42.4. The Kier molecular flexibility index (Phi) is 8.49. The van der Waals surface area contributed by atoms with Crippen molar-refractivity contribution in [3.8, 4) is 17.2 Å². The van der Waals surface area contributed by atoms with Crippen LogP contribution in [0.5, 0.6) is 17.2 Å². The second-order valence-electron chi connectivity index (χ2n) is 8.63. The van der Waals surface area contributed by atoms with Gasteiger partial charge in [0.05, 0.1) is 12.9 Å². The lowest BCUT2D eigenvalue weighted by atomic mass is 10.0. The van der Waals surface area contributed by atoms with E-state index in [1.54, 1.807) is 36.4 Å². The zero-order chi connectivity index (χ0) is 27.1. The average molecular weight is 541 g/mol. The molecule has 200 valence electrons. The van der Waals surface area contributed by atoms with Gasteiger partial charge in [-0.1, -0.05) is 49.7 Å². The Labute approximate surface area is 220 Å². The number of benzene rings is 3. The topological polar surface area (TPSA) is 129 Å². The van der Waals surface area contributed by atoms with Gasteiger partial charge in [0.25, 0.3) is 11.8 Å². The van der Waals surface area contributed by atoms with Crippen LogP contribution in [0.1, 0.15) is 46.5 Å². The van der Waals surface area contributed by atoms with E-state index in [1.165, 1.54) is 0 Å². The molecule has 2 N–H and O–H groups in total. The van der Waals surface area contributed by atoms with Crippen molar-refractivity contribution in [2.24, 2.45) is 0 Å². The van der Waals surface area contributed by atoms with E-state index in [4.69, 9.17) is 19.0 Å². The molecule has 0 aliphatic carbocycles. The van der Waals surface area contributed by atoms with Crippen molar-refractivity contribution in [2.75, 3.05) is 13.0 Å². The van der Waals surface area contributed by atoms with Crippen molar-refractivity contribution in [2.45, 2.75) is 32.5 Å². The van der Waals surface area contributed by atoms with E-state index in [9.17, 15) is 18.0 Å². The van der Waals surface area contributed by atoms with Crippen molar-refractivity contribution >= 4 is 21.8 Å². The molecule has 3 aromatic carbocycles. The standard InChI is InChI=1S/C27H28N2O8S/c1-3-7-19-14-21(26(30)28-36-16-18-8-5-4-6-9-18)11-12-22(19)37-25(27(31)29-38(2,32)33)20-10-13-23-24(15-20)35-17-34-23/h4-6,8-15,25H,3,7,16-17H2,1-2H3,(H,28,30)(H,29,31). The van der Waals surface area contributed by atoms with Crippen LogP contribution >= 0.6 is 0 Å². The molecule has 0 saturated carbocycles. The molecule has 1 aliphatic rings. The number of carbonyl (C=O) groups is 2. The minimum atomic E-state index is -3.85. The summed E-state index contributed by atoms with van der Waals surface area (Å²) in [6.45, 7) is 2.21. The van der Waals surface area contributed by atoms with Gasteiger partial charge in [-0.2, -0.15) is 0 Å². The molecule has 1 atom stereocenters. The van der Waals surface area contributed by atoms with Gasteiger partial charge >= 0.3 is 0 Å². The molecule has 1 unspecified atom stereocenters. The maximum Gasteiger partial charge on any atom is 0.279 e. The van der Waals surface area contributed by atoms with Crippen molar-refractivity contribution in [1.82, 2.24) is 10.2 Å². The van der Waals surface area contributed by atoms with Gasteiger partial charge in [0, 0.05) is 11.1 Å². The molecule has 0 bridgehead atoms. The summed E-state index contributed by atoms with van der Waals surface area (Å²) in [5, 5.41) is 0. The third kappa shape index (κ3) is 7.02. The number of hydroxylamine groups is 1. The lowest BCUT2D eigenvalue weighted by Gasteiger charge is -2.21. The number of ether oxygens (including phenoxy) is 3. The first-order valence-corrected chi connectivity index (χ1v) is 13.8. The summed E-state index contributed by atoms with van der Waals surface area (Å²) in [6.07, 6.45) is 0.847. The number of aryl methyl sites for hydroxylation is 1. The van der Waals surface area contributed by atoms with E-state index in [0.29, 0.717) is 40.4 Å². The highest BCUT2D eigenvalue weighted by molar-refractivity contribution is 7.89. The van der Waals surface area contributed by atoms with Gasteiger partial charge in [0.2, 0.25) is 22.9 Å². The number of amides is 2. The lowest BCUT2D eigenvalue weighted by Crippen LogP contribution is -2.36. The normalized spacial score (nSPS) is 13.0. The van der Waals surface area contributed by atoms with Crippen LogP contribution < -0.4 is 24.4 Å². The Morgan fingerprint density at radius 1 is 1.00 bits per heavy atom. The minimum Gasteiger partial charge on any atom is -0.475 e. The van der Waals surface area contributed by atoms with Crippen LogP contribution in [-0.2, 0) is 32.7 Å². The van der Waals surface area contributed by atoms with Gasteiger partial charge in [-0.15, -0.1) is 0 Å². The van der Waals surface area contributed by atoms with Gasteiger partial charge in [0.15, 0.2) is 11.5 Å². The molecule has 0 saturated heterocycles. The third-order valence-corrected chi connectivity index (χ3v) is 6.13. The zero-order valence-electron chi connectivity index (χ0n) is 20.9. The Hall–Kier alpha value is -4.09. The molecule has 11 heteroatoms.